The molecule has 0 bridgehead atoms. The molecule has 11 rings (SSSR count). The van der Waals surface area contributed by atoms with Crippen molar-refractivity contribution < 1.29 is 0 Å². The van der Waals surface area contributed by atoms with E-state index in [1.165, 1.54) is 86.9 Å². The highest BCUT2D eigenvalue weighted by Crippen LogP contribution is 2.53. The van der Waals surface area contributed by atoms with Crippen LogP contribution in [0.25, 0.3) is 75.8 Å². The number of anilines is 3. The van der Waals surface area contributed by atoms with E-state index in [0.717, 1.165) is 17.1 Å². The lowest BCUT2D eigenvalue weighted by atomic mass is 9.81. The third kappa shape index (κ3) is 5.82. The summed E-state index contributed by atoms with van der Waals surface area (Å²) in [6, 6.07) is 78.3. The SMILES string of the molecule is CC1(C)c2ccccc2-c2ccc(-c3ccccc3N(c3ccc4sc5ccccc5c4c3)c3cccc(-c4ccccc4)c3-c3ccccc3-c3ccccc3)cc21. The molecule has 1 heterocycles. The second-order valence-corrected chi connectivity index (χ2v) is 17.1. The van der Waals surface area contributed by atoms with Gasteiger partial charge in [-0.3, -0.25) is 0 Å². The fourth-order valence-corrected chi connectivity index (χ4v) is 10.6. The maximum absolute atomic E-state index is 2.53. The minimum Gasteiger partial charge on any atom is -0.309 e. The van der Waals surface area contributed by atoms with Gasteiger partial charge >= 0.3 is 0 Å². The van der Waals surface area contributed by atoms with E-state index in [1.54, 1.807) is 0 Å². The molecule has 0 amide bonds. The molecule has 1 nitrogen and oxygen atoms in total. The van der Waals surface area contributed by atoms with Crippen LogP contribution < -0.4 is 4.90 Å². The standard InChI is InChI=1S/C57H41NS/c1-57(2)50-28-14-11-24-45(50)46-34-32-40(36-51(46)57)43-23-12-15-29-52(43)58(41-33-35-55-49(37-41)47-25-13-16-31-54(47)59-55)53-30-17-27-44(39-20-7-4-8-21-39)56(53)48-26-10-9-22-42(48)38-18-5-3-6-19-38/h3-37H,1-2H3. The molecule has 0 fully saturated rings. The molecule has 9 aromatic carbocycles. The van der Waals surface area contributed by atoms with Crippen LogP contribution in [0.3, 0.4) is 0 Å². The van der Waals surface area contributed by atoms with E-state index in [1.807, 2.05) is 11.3 Å². The van der Waals surface area contributed by atoms with E-state index in [-0.39, 0.29) is 5.41 Å². The lowest BCUT2D eigenvalue weighted by Gasteiger charge is -2.32. The summed E-state index contributed by atoms with van der Waals surface area (Å²) >= 11 is 1.86. The number of benzene rings is 9. The molecule has 0 spiro atoms. The van der Waals surface area contributed by atoms with Crippen molar-refractivity contribution in [1.29, 1.82) is 0 Å². The highest BCUT2D eigenvalue weighted by molar-refractivity contribution is 7.25. The second kappa shape index (κ2) is 14.1. The molecule has 10 aromatic rings. The molecule has 0 N–H and O–H groups in total. The van der Waals surface area contributed by atoms with Crippen molar-refractivity contribution in [3.63, 3.8) is 0 Å². The van der Waals surface area contributed by atoms with Gasteiger partial charge in [-0.25, -0.2) is 0 Å². The Hall–Kier alpha value is -7.00. The summed E-state index contributed by atoms with van der Waals surface area (Å²) in [5, 5.41) is 2.56. The van der Waals surface area contributed by atoms with Gasteiger partial charge in [0.2, 0.25) is 0 Å². The third-order valence-electron chi connectivity index (χ3n) is 12.3. The second-order valence-electron chi connectivity index (χ2n) is 16.0. The predicted octanol–water partition coefficient (Wildman–Crippen LogP) is 16.5. The van der Waals surface area contributed by atoms with Crippen LogP contribution >= 0.6 is 11.3 Å². The molecule has 0 aliphatic heterocycles. The van der Waals surface area contributed by atoms with Crippen LogP contribution in [-0.4, -0.2) is 0 Å². The van der Waals surface area contributed by atoms with Crippen molar-refractivity contribution in [3.05, 3.63) is 223 Å². The first kappa shape index (κ1) is 35.2. The highest BCUT2D eigenvalue weighted by Gasteiger charge is 2.35. The van der Waals surface area contributed by atoms with Crippen LogP contribution in [0.1, 0.15) is 25.0 Å². The van der Waals surface area contributed by atoms with Crippen LogP contribution in [0.2, 0.25) is 0 Å². The van der Waals surface area contributed by atoms with Gasteiger partial charge in [-0.05, 0) is 98.1 Å². The van der Waals surface area contributed by atoms with Gasteiger partial charge < -0.3 is 4.90 Å². The quantitative estimate of drug-likeness (QED) is 0.156. The topological polar surface area (TPSA) is 3.24 Å². The van der Waals surface area contributed by atoms with Gasteiger partial charge in [-0.1, -0.05) is 184 Å². The summed E-state index contributed by atoms with van der Waals surface area (Å²) in [6.07, 6.45) is 0. The Kier molecular flexibility index (Phi) is 8.43. The summed E-state index contributed by atoms with van der Waals surface area (Å²) in [6.45, 7) is 4.73. The Labute approximate surface area is 350 Å². The maximum atomic E-state index is 2.53. The number of nitrogens with zero attached hydrogens (tertiary/aromatic N) is 1. The van der Waals surface area contributed by atoms with Crippen molar-refractivity contribution in [1.82, 2.24) is 0 Å². The van der Waals surface area contributed by atoms with Gasteiger partial charge in [-0.15, -0.1) is 11.3 Å². The van der Waals surface area contributed by atoms with E-state index in [2.05, 4.69) is 231 Å². The smallest absolute Gasteiger partial charge is 0.0546 e. The molecule has 0 saturated heterocycles. The fraction of sp³-hybridized carbons (Fsp3) is 0.0526. The summed E-state index contributed by atoms with van der Waals surface area (Å²) in [5.41, 5.74) is 18.2. The van der Waals surface area contributed by atoms with Crippen molar-refractivity contribution >= 4 is 48.6 Å². The zero-order valence-corrected chi connectivity index (χ0v) is 33.9. The monoisotopic (exact) mass is 771 g/mol. The van der Waals surface area contributed by atoms with Gasteiger partial charge in [0.25, 0.3) is 0 Å². The van der Waals surface area contributed by atoms with E-state index >= 15 is 0 Å². The average Bonchev–Trinajstić information content (AvgIpc) is 3.78. The first-order chi connectivity index (χ1) is 29.0. The Balaban J connectivity index is 1.21. The Morgan fingerprint density at radius 2 is 0.932 bits per heavy atom. The maximum Gasteiger partial charge on any atom is 0.0546 e. The third-order valence-corrected chi connectivity index (χ3v) is 13.5. The molecule has 59 heavy (non-hydrogen) atoms. The van der Waals surface area contributed by atoms with Gasteiger partial charge in [-0.2, -0.15) is 0 Å². The number of thiophene rings is 1. The fourth-order valence-electron chi connectivity index (χ4n) is 9.48. The van der Waals surface area contributed by atoms with Gasteiger partial charge in [0.1, 0.15) is 0 Å². The van der Waals surface area contributed by atoms with E-state index < -0.39 is 0 Å². The van der Waals surface area contributed by atoms with E-state index in [0.29, 0.717) is 0 Å². The largest absolute Gasteiger partial charge is 0.309 e. The molecule has 0 unspecified atom stereocenters. The molecule has 0 saturated carbocycles. The number of para-hydroxylation sites is 1. The van der Waals surface area contributed by atoms with Crippen molar-refractivity contribution in [3.8, 4) is 55.6 Å². The van der Waals surface area contributed by atoms with E-state index in [9.17, 15) is 0 Å². The normalized spacial score (nSPS) is 12.7. The summed E-state index contributed by atoms with van der Waals surface area (Å²) in [7, 11) is 0. The van der Waals surface area contributed by atoms with E-state index in [4.69, 9.17) is 0 Å². The average molecular weight is 772 g/mol. The molecule has 2 heteroatoms. The number of rotatable bonds is 7. The summed E-state index contributed by atoms with van der Waals surface area (Å²) < 4.78 is 2.59. The summed E-state index contributed by atoms with van der Waals surface area (Å²) in [5.74, 6) is 0. The predicted molar refractivity (Wildman–Crippen MR) is 253 cm³/mol. The lowest BCUT2D eigenvalue weighted by molar-refractivity contribution is 0.660. The Morgan fingerprint density at radius 1 is 0.356 bits per heavy atom. The number of hydrogen-bond acceptors (Lipinski definition) is 2. The van der Waals surface area contributed by atoms with Gasteiger partial charge in [0.05, 0.1) is 11.4 Å². The first-order valence-corrected chi connectivity index (χ1v) is 21.2. The molecule has 1 aromatic heterocycles. The molecule has 1 aliphatic rings. The molecular weight excluding hydrogens is 731 g/mol. The number of fused-ring (bicyclic) bond motifs is 6. The molecule has 0 atom stereocenters. The molecule has 0 radical (unpaired) electrons. The van der Waals surface area contributed by atoms with Crippen molar-refractivity contribution in [2.45, 2.75) is 19.3 Å². The number of hydrogen-bond donors (Lipinski definition) is 0. The van der Waals surface area contributed by atoms with Crippen LogP contribution in [0.5, 0.6) is 0 Å². The zero-order chi connectivity index (χ0) is 39.5. The highest BCUT2D eigenvalue weighted by atomic mass is 32.1. The van der Waals surface area contributed by atoms with Gasteiger partial charge in [0, 0.05) is 42.4 Å². The minimum absolute atomic E-state index is 0.111. The molecule has 1 aliphatic carbocycles. The first-order valence-electron chi connectivity index (χ1n) is 20.4. The van der Waals surface area contributed by atoms with Crippen LogP contribution in [-0.2, 0) is 5.41 Å². The van der Waals surface area contributed by atoms with Crippen molar-refractivity contribution in [2.75, 3.05) is 4.90 Å². The van der Waals surface area contributed by atoms with Crippen molar-refractivity contribution in [2.24, 2.45) is 0 Å². The zero-order valence-electron chi connectivity index (χ0n) is 33.1. The lowest BCUT2D eigenvalue weighted by Crippen LogP contribution is -2.15. The Morgan fingerprint density at radius 3 is 1.73 bits per heavy atom. The van der Waals surface area contributed by atoms with Crippen LogP contribution in [0.15, 0.2) is 212 Å². The summed E-state index contributed by atoms with van der Waals surface area (Å²) in [4.78, 5) is 2.53. The minimum atomic E-state index is -0.111. The van der Waals surface area contributed by atoms with Gasteiger partial charge in [0.15, 0.2) is 0 Å². The Bertz CT molecular complexity index is 3190. The molecular formula is C57H41NS. The van der Waals surface area contributed by atoms with Crippen LogP contribution in [0, 0.1) is 0 Å². The molecule has 280 valence electrons. The van der Waals surface area contributed by atoms with Crippen LogP contribution in [0.4, 0.5) is 17.1 Å².